The lowest BCUT2D eigenvalue weighted by Crippen LogP contribution is -2.24. The molecule has 0 saturated carbocycles. The Morgan fingerprint density at radius 3 is 2.50 bits per heavy atom. The maximum atomic E-state index is 11.8. The van der Waals surface area contributed by atoms with Crippen LogP contribution in [-0.4, -0.2) is 32.8 Å². The molecule has 0 spiro atoms. The van der Waals surface area contributed by atoms with E-state index >= 15 is 0 Å². The number of benzene rings is 1. The summed E-state index contributed by atoms with van der Waals surface area (Å²) in [5, 5.41) is 0.921. The van der Waals surface area contributed by atoms with E-state index in [0.29, 0.717) is 6.54 Å². The van der Waals surface area contributed by atoms with Gasteiger partial charge in [0.1, 0.15) is 0 Å². The van der Waals surface area contributed by atoms with Gasteiger partial charge in [0.05, 0.1) is 4.90 Å². The maximum Gasteiger partial charge on any atom is 0.247 e. The molecule has 0 unspecified atom stereocenters. The lowest BCUT2D eigenvalue weighted by molar-refractivity contribution is -0.124. The summed E-state index contributed by atoms with van der Waals surface area (Å²) in [7, 11) is -1.98. The molecule has 0 heterocycles. The molecule has 0 atom stereocenters. The molecule has 1 rings (SSSR count). The predicted octanol–water partition coefficient (Wildman–Crippen LogP) is 1.62. The van der Waals surface area contributed by atoms with Crippen LogP contribution >= 0.6 is 0 Å². The minimum Gasteiger partial charge on any atom is -0.338 e. The zero-order chi connectivity index (χ0) is 13.6. The van der Waals surface area contributed by atoms with Crippen molar-refractivity contribution in [2.75, 3.05) is 13.6 Å². The molecule has 0 N–H and O–H groups in total. The van der Waals surface area contributed by atoms with E-state index in [1.807, 2.05) is 0 Å². The Kier molecular flexibility index (Phi) is 4.85. The highest BCUT2D eigenvalue weighted by molar-refractivity contribution is 7.94. The van der Waals surface area contributed by atoms with Crippen LogP contribution in [0.3, 0.4) is 0 Å². The third-order valence-electron chi connectivity index (χ3n) is 2.24. The normalized spacial score (nSPS) is 11.4. The van der Waals surface area contributed by atoms with Gasteiger partial charge < -0.3 is 4.90 Å². The first-order valence-corrected chi connectivity index (χ1v) is 6.86. The van der Waals surface area contributed by atoms with Gasteiger partial charge in [0, 0.05) is 25.1 Å². The van der Waals surface area contributed by atoms with Crippen molar-refractivity contribution in [3.05, 3.63) is 54.5 Å². The van der Waals surface area contributed by atoms with Crippen molar-refractivity contribution in [1.29, 1.82) is 0 Å². The highest BCUT2D eigenvalue weighted by atomic mass is 32.2. The van der Waals surface area contributed by atoms with Gasteiger partial charge in [-0.3, -0.25) is 4.79 Å². The van der Waals surface area contributed by atoms with Gasteiger partial charge in [0.15, 0.2) is 9.84 Å². The Balaban J connectivity index is 2.84. The number of rotatable bonds is 5. The number of hydrogen-bond donors (Lipinski definition) is 0. The number of amides is 1. The van der Waals surface area contributed by atoms with Gasteiger partial charge in [-0.1, -0.05) is 24.3 Å². The van der Waals surface area contributed by atoms with Crippen LogP contribution in [0.4, 0.5) is 0 Å². The molecule has 0 aliphatic heterocycles. The zero-order valence-corrected chi connectivity index (χ0v) is 10.9. The second-order valence-corrected chi connectivity index (χ2v) is 5.50. The molecular weight excluding hydrogens is 250 g/mol. The Morgan fingerprint density at radius 1 is 1.33 bits per heavy atom. The number of carbonyl (C=O) groups is 1. The number of nitrogens with zero attached hydrogens (tertiary/aromatic N) is 1. The number of hydrogen-bond acceptors (Lipinski definition) is 3. The number of likely N-dealkylation sites (N-methyl/N-ethyl adjacent to an activating group) is 1. The first-order chi connectivity index (χ1) is 8.47. The van der Waals surface area contributed by atoms with Gasteiger partial charge >= 0.3 is 0 Å². The van der Waals surface area contributed by atoms with Gasteiger partial charge in [0.2, 0.25) is 5.91 Å². The molecule has 96 valence electrons. The highest BCUT2D eigenvalue weighted by Gasteiger charge is 2.10. The van der Waals surface area contributed by atoms with Crippen molar-refractivity contribution in [2.24, 2.45) is 0 Å². The monoisotopic (exact) mass is 265 g/mol. The average Bonchev–Trinajstić information content (AvgIpc) is 2.37. The molecule has 0 fully saturated rings. The third kappa shape index (κ3) is 3.85. The Morgan fingerprint density at radius 2 is 1.94 bits per heavy atom. The van der Waals surface area contributed by atoms with Gasteiger partial charge in [-0.15, -0.1) is 6.58 Å². The highest BCUT2D eigenvalue weighted by Crippen LogP contribution is 2.11. The molecule has 0 aliphatic carbocycles. The summed E-state index contributed by atoms with van der Waals surface area (Å²) in [6.45, 7) is 3.87. The number of sulfone groups is 1. The standard InChI is InChI=1S/C13H15NO3S/c1-3-10-14(2)13(15)9-11-18(16,17)12-7-5-4-6-8-12/h3-9,11H,1,10H2,2H3/b11-9+. The van der Waals surface area contributed by atoms with Crippen molar-refractivity contribution in [1.82, 2.24) is 4.90 Å². The smallest absolute Gasteiger partial charge is 0.247 e. The zero-order valence-electron chi connectivity index (χ0n) is 10.1. The topological polar surface area (TPSA) is 54.5 Å². The van der Waals surface area contributed by atoms with Crippen LogP contribution < -0.4 is 0 Å². The summed E-state index contributed by atoms with van der Waals surface area (Å²) in [4.78, 5) is 13.1. The third-order valence-corrected chi connectivity index (χ3v) is 3.66. The van der Waals surface area contributed by atoms with Crippen molar-refractivity contribution in [3.8, 4) is 0 Å². The van der Waals surface area contributed by atoms with Crippen LogP contribution in [-0.2, 0) is 14.6 Å². The summed E-state index contributed by atoms with van der Waals surface area (Å²) in [5.74, 6) is -0.380. The second kappa shape index (κ2) is 6.16. The van der Waals surface area contributed by atoms with Crippen molar-refractivity contribution < 1.29 is 13.2 Å². The molecule has 0 bridgehead atoms. The van der Waals surface area contributed by atoms with Crippen molar-refractivity contribution in [3.63, 3.8) is 0 Å². The molecule has 0 saturated heterocycles. The van der Waals surface area contributed by atoms with E-state index in [0.717, 1.165) is 11.5 Å². The Labute approximate surface area is 107 Å². The lowest BCUT2D eigenvalue weighted by Gasteiger charge is -2.11. The fourth-order valence-corrected chi connectivity index (χ4v) is 2.24. The van der Waals surface area contributed by atoms with E-state index in [9.17, 15) is 13.2 Å². The Bertz CT molecular complexity index is 547. The van der Waals surface area contributed by atoms with Crippen molar-refractivity contribution >= 4 is 15.7 Å². The number of carbonyl (C=O) groups excluding carboxylic acids is 1. The van der Waals surface area contributed by atoms with E-state index in [2.05, 4.69) is 6.58 Å². The van der Waals surface area contributed by atoms with Crippen LogP contribution in [0, 0.1) is 0 Å². The summed E-state index contributed by atoms with van der Waals surface area (Å²) in [6.07, 6.45) is 2.61. The van der Waals surface area contributed by atoms with Crippen LogP contribution in [0.15, 0.2) is 59.4 Å². The molecule has 1 aromatic carbocycles. The van der Waals surface area contributed by atoms with Crippen LogP contribution in [0.25, 0.3) is 0 Å². The molecule has 4 nitrogen and oxygen atoms in total. The first kappa shape index (κ1) is 14.2. The van der Waals surface area contributed by atoms with E-state index in [4.69, 9.17) is 0 Å². The molecule has 18 heavy (non-hydrogen) atoms. The van der Waals surface area contributed by atoms with Crippen LogP contribution in [0.2, 0.25) is 0 Å². The molecule has 0 aromatic heterocycles. The van der Waals surface area contributed by atoms with Gasteiger partial charge in [0.25, 0.3) is 0 Å². The fourth-order valence-electron chi connectivity index (χ4n) is 1.25. The average molecular weight is 265 g/mol. The fraction of sp³-hybridized carbons (Fsp3) is 0.154. The molecular formula is C13H15NO3S. The van der Waals surface area contributed by atoms with E-state index < -0.39 is 9.84 Å². The lowest BCUT2D eigenvalue weighted by atomic mass is 10.4. The molecule has 1 aromatic rings. The minimum absolute atomic E-state index is 0.167. The van der Waals surface area contributed by atoms with Gasteiger partial charge in [-0.2, -0.15) is 0 Å². The van der Waals surface area contributed by atoms with E-state index in [1.165, 1.54) is 17.0 Å². The SMILES string of the molecule is C=CCN(C)C(=O)/C=C/S(=O)(=O)c1ccccc1. The molecule has 1 amide bonds. The minimum atomic E-state index is -3.56. The summed E-state index contributed by atoms with van der Waals surface area (Å²) >= 11 is 0. The maximum absolute atomic E-state index is 11.8. The largest absolute Gasteiger partial charge is 0.338 e. The summed E-state index contributed by atoms with van der Waals surface area (Å²) < 4.78 is 23.7. The second-order valence-electron chi connectivity index (χ2n) is 3.67. The summed E-state index contributed by atoms with van der Waals surface area (Å²) in [5.41, 5.74) is 0. The van der Waals surface area contributed by atoms with Crippen LogP contribution in [0.1, 0.15) is 0 Å². The molecule has 0 radical (unpaired) electrons. The summed E-state index contributed by atoms with van der Waals surface area (Å²) in [6, 6.07) is 7.96. The van der Waals surface area contributed by atoms with Crippen LogP contribution in [0.5, 0.6) is 0 Å². The van der Waals surface area contributed by atoms with Gasteiger partial charge in [-0.25, -0.2) is 8.42 Å². The van der Waals surface area contributed by atoms with E-state index in [-0.39, 0.29) is 10.8 Å². The predicted molar refractivity (Wildman–Crippen MR) is 70.6 cm³/mol. The van der Waals surface area contributed by atoms with E-state index in [1.54, 1.807) is 31.3 Å². The first-order valence-electron chi connectivity index (χ1n) is 5.31. The molecule has 0 aliphatic rings. The molecule has 5 heteroatoms. The van der Waals surface area contributed by atoms with Crippen molar-refractivity contribution in [2.45, 2.75) is 4.90 Å². The Hall–Kier alpha value is -1.88. The van der Waals surface area contributed by atoms with Gasteiger partial charge in [-0.05, 0) is 12.1 Å². The quantitative estimate of drug-likeness (QED) is 0.600.